The fourth-order valence-electron chi connectivity index (χ4n) is 7.75. The first-order valence-corrected chi connectivity index (χ1v) is 19.2. The number of rotatable bonds is 3. The van der Waals surface area contributed by atoms with Crippen molar-refractivity contribution in [3.05, 3.63) is 83.7 Å². The summed E-state index contributed by atoms with van der Waals surface area (Å²) in [5, 5.41) is 12.3. The molecule has 0 aliphatic carbocycles. The molecule has 3 atom stereocenters. The van der Waals surface area contributed by atoms with Crippen molar-refractivity contribution >= 4 is 44.1 Å². The van der Waals surface area contributed by atoms with E-state index in [0.29, 0.717) is 23.8 Å². The van der Waals surface area contributed by atoms with Gasteiger partial charge in [-0.2, -0.15) is 0 Å². The molecule has 3 unspecified atom stereocenters. The molecule has 53 heavy (non-hydrogen) atoms. The van der Waals surface area contributed by atoms with E-state index in [1.54, 1.807) is 17.5 Å². The number of hydrogen-bond acceptors (Lipinski definition) is 9. The third-order valence-electron chi connectivity index (χ3n) is 10.2. The van der Waals surface area contributed by atoms with Crippen LogP contribution in [0.3, 0.4) is 0 Å². The molecule has 5 heterocycles. The van der Waals surface area contributed by atoms with Gasteiger partial charge in [-0.05, 0) is 131 Å². The van der Waals surface area contributed by atoms with Crippen molar-refractivity contribution in [2.75, 3.05) is 12.3 Å². The van der Waals surface area contributed by atoms with Gasteiger partial charge in [0.05, 0.1) is 45.3 Å². The van der Waals surface area contributed by atoms with Gasteiger partial charge in [0.25, 0.3) is 0 Å². The number of aliphatic carboxylic acids is 1. The first-order chi connectivity index (χ1) is 25.4. The number of anilines is 1. The van der Waals surface area contributed by atoms with Crippen molar-refractivity contribution < 1.29 is 24.1 Å². The number of nitrogen functional groups attached to an aromatic ring is 1. The van der Waals surface area contributed by atoms with E-state index in [1.165, 1.54) is 0 Å². The molecule has 9 nitrogen and oxygen atoms in total. The number of carboxylic acids is 1. The first-order valence-electron chi connectivity index (χ1n) is 18.4. The van der Waals surface area contributed by atoms with Crippen molar-refractivity contribution in [2.24, 2.45) is 0 Å². The highest BCUT2D eigenvalue weighted by Gasteiger charge is 2.33. The zero-order valence-corrected chi connectivity index (χ0v) is 31.5. The Hall–Kier alpha value is -5.06. The number of benzene rings is 3. The zero-order valence-electron chi connectivity index (χ0n) is 30.7. The molecule has 3 N–H and O–H groups in total. The number of aromatic nitrogens is 3. The zero-order chi connectivity index (χ0) is 37.0. The largest absolute Gasteiger partial charge is 0.493 e. The predicted octanol–water partition coefficient (Wildman–Crippen LogP) is 10.3. The summed E-state index contributed by atoms with van der Waals surface area (Å²) in [6, 6.07) is 18.0. The highest BCUT2D eigenvalue weighted by Crippen LogP contribution is 2.47. The number of fused-ring (bicyclic) bond motifs is 10. The second kappa shape index (κ2) is 13.7. The van der Waals surface area contributed by atoms with Crippen molar-refractivity contribution in [2.45, 2.75) is 90.4 Å². The molecule has 3 aromatic carbocycles. The maximum absolute atomic E-state index is 13.0. The van der Waals surface area contributed by atoms with Crippen LogP contribution in [0.2, 0.25) is 0 Å². The Kier molecular flexibility index (Phi) is 9.07. The second-order valence-corrected chi connectivity index (χ2v) is 16.3. The molecule has 2 aliphatic heterocycles. The number of ether oxygens (including phenoxy) is 3. The van der Waals surface area contributed by atoms with Gasteiger partial charge in [-0.1, -0.05) is 12.5 Å². The standard InChI is InChI=1S/C43H44N4O5S/c1-23-18-34-40-37(36(23)39(42(48)49)52-43(3,4)5)26-10-13-35-30(19-26)25(15-17-50-35)9-7-6-8-24(2)51-38-29-12-11-28(44)21-33(29)46-22-31(38)32-20-27(14-16-45-32)41(47-34)53-40/h10-14,16,18-22,24-25,39H,6-9,15,17,44H2,1-5H3,(H,48,49). The number of carboxylic acid groups (broad SMARTS) is 1. The normalized spacial score (nSPS) is 18.0. The third-order valence-corrected chi connectivity index (χ3v) is 11.3. The number of nitrogens with two attached hydrogens (primary N) is 1. The van der Waals surface area contributed by atoms with Crippen LogP contribution in [0, 0.1) is 6.92 Å². The van der Waals surface area contributed by atoms with Crippen molar-refractivity contribution in [3.8, 4) is 44.5 Å². The average molecular weight is 729 g/mol. The molecular weight excluding hydrogens is 685 g/mol. The summed E-state index contributed by atoms with van der Waals surface area (Å²) in [6.07, 6.45) is 7.24. The average Bonchev–Trinajstić information content (AvgIpc) is 3.55. The smallest absolute Gasteiger partial charge is 0.337 e. The molecule has 8 rings (SSSR count). The molecule has 0 radical (unpaired) electrons. The molecule has 0 fully saturated rings. The maximum Gasteiger partial charge on any atom is 0.337 e. The molecule has 6 bridgehead atoms. The fraction of sp³-hybridized carbons (Fsp3) is 0.349. The maximum atomic E-state index is 13.0. The number of carbonyl (C=O) groups is 1. The molecule has 2 aliphatic rings. The van der Waals surface area contributed by atoms with Gasteiger partial charge < -0.3 is 25.1 Å². The lowest BCUT2D eigenvalue weighted by Crippen LogP contribution is -2.28. The molecule has 10 heteroatoms. The number of thiazole rings is 1. The predicted molar refractivity (Wildman–Crippen MR) is 211 cm³/mol. The van der Waals surface area contributed by atoms with E-state index >= 15 is 0 Å². The number of nitrogens with zero attached hydrogens (tertiary/aromatic N) is 3. The van der Waals surface area contributed by atoms with Gasteiger partial charge in [-0.15, -0.1) is 11.3 Å². The molecule has 0 spiro atoms. The summed E-state index contributed by atoms with van der Waals surface area (Å²) in [5.74, 6) is 0.912. The van der Waals surface area contributed by atoms with E-state index in [0.717, 1.165) is 109 Å². The van der Waals surface area contributed by atoms with E-state index in [4.69, 9.17) is 34.9 Å². The van der Waals surface area contributed by atoms with Gasteiger partial charge in [0, 0.05) is 40.2 Å². The lowest BCUT2D eigenvalue weighted by molar-refractivity contribution is -0.160. The van der Waals surface area contributed by atoms with Crippen LogP contribution in [-0.4, -0.2) is 44.3 Å². The molecular formula is C43H44N4O5S. The SMILES string of the molecule is Cc1cc2nc3sc2c(c1C(OC(C)(C)C)C(=O)O)-c1ccc2c(c1)C(CCCCC(C)Oc1c(cnc4cc(N)ccc14)-c1cc-3ccn1)CCO2. The van der Waals surface area contributed by atoms with Crippen LogP contribution in [0.15, 0.2) is 67.0 Å². The van der Waals surface area contributed by atoms with E-state index in [2.05, 4.69) is 19.1 Å². The summed E-state index contributed by atoms with van der Waals surface area (Å²) >= 11 is 1.54. The summed E-state index contributed by atoms with van der Waals surface area (Å²) in [6.45, 7) is 10.4. The highest BCUT2D eigenvalue weighted by atomic mass is 32.1. The monoisotopic (exact) mass is 728 g/mol. The Morgan fingerprint density at radius 2 is 1.83 bits per heavy atom. The quantitative estimate of drug-likeness (QED) is 0.171. The van der Waals surface area contributed by atoms with Gasteiger partial charge in [0.1, 0.15) is 16.5 Å². The van der Waals surface area contributed by atoms with E-state index in [1.807, 2.05) is 76.4 Å². The van der Waals surface area contributed by atoms with Crippen LogP contribution in [0.1, 0.15) is 88.5 Å². The summed E-state index contributed by atoms with van der Waals surface area (Å²) in [4.78, 5) is 27.8. The Bertz CT molecular complexity index is 2380. The molecule has 0 saturated heterocycles. The molecule has 272 valence electrons. The third kappa shape index (κ3) is 6.82. The summed E-state index contributed by atoms with van der Waals surface area (Å²) in [5.41, 5.74) is 14.4. The minimum Gasteiger partial charge on any atom is -0.493 e. The van der Waals surface area contributed by atoms with Gasteiger partial charge in [-0.3, -0.25) is 9.97 Å². The molecule has 0 saturated carbocycles. The van der Waals surface area contributed by atoms with Gasteiger partial charge in [0.2, 0.25) is 0 Å². The van der Waals surface area contributed by atoms with Crippen molar-refractivity contribution in [1.29, 1.82) is 0 Å². The second-order valence-electron chi connectivity index (χ2n) is 15.3. The van der Waals surface area contributed by atoms with Crippen molar-refractivity contribution in [3.63, 3.8) is 0 Å². The lowest BCUT2D eigenvalue weighted by Gasteiger charge is -2.29. The number of pyridine rings is 2. The van der Waals surface area contributed by atoms with Crippen LogP contribution < -0.4 is 15.2 Å². The van der Waals surface area contributed by atoms with Crippen LogP contribution in [0.25, 0.3) is 54.1 Å². The molecule has 0 amide bonds. The summed E-state index contributed by atoms with van der Waals surface area (Å²) < 4.78 is 20.2. The minimum absolute atomic E-state index is 0.0451. The van der Waals surface area contributed by atoms with E-state index in [9.17, 15) is 9.90 Å². The molecule has 3 aromatic heterocycles. The molecule has 6 aromatic rings. The number of hydrogen-bond donors (Lipinski definition) is 2. The Balaban J connectivity index is 1.37. The van der Waals surface area contributed by atoms with Crippen LogP contribution in [0.5, 0.6) is 11.5 Å². The minimum atomic E-state index is -1.19. The fourth-order valence-corrected chi connectivity index (χ4v) is 8.88. The van der Waals surface area contributed by atoms with Gasteiger partial charge in [-0.25, -0.2) is 9.78 Å². The highest BCUT2D eigenvalue weighted by molar-refractivity contribution is 7.22. The van der Waals surface area contributed by atoms with E-state index in [-0.39, 0.29) is 6.10 Å². The van der Waals surface area contributed by atoms with Crippen LogP contribution >= 0.6 is 11.3 Å². The topological polar surface area (TPSA) is 130 Å². The Morgan fingerprint density at radius 1 is 1.00 bits per heavy atom. The summed E-state index contributed by atoms with van der Waals surface area (Å²) in [7, 11) is 0. The Labute approximate surface area is 313 Å². The van der Waals surface area contributed by atoms with Gasteiger partial charge in [0.15, 0.2) is 6.10 Å². The Morgan fingerprint density at radius 3 is 2.64 bits per heavy atom. The lowest BCUT2D eigenvalue weighted by atomic mass is 9.85. The van der Waals surface area contributed by atoms with Crippen LogP contribution in [-0.2, 0) is 9.53 Å². The van der Waals surface area contributed by atoms with Gasteiger partial charge >= 0.3 is 5.97 Å². The van der Waals surface area contributed by atoms with Crippen molar-refractivity contribution in [1.82, 2.24) is 15.0 Å². The first kappa shape index (κ1) is 35.0. The number of aryl methyl sites for hydroxylation is 1. The van der Waals surface area contributed by atoms with E-state index < -0.39 is 17.7 Å². The van der Waals surface area contributed by atoms with Crippen LogP contribution in [0.4, 0.5) is 5.69 Å².